The Labute approximate surface area is 207 Å². The number of nitrogens with zero attached hydrogens (tertiary/aromatic N) is 3. The van der Waals surface area contributed by atoms with Crippen LogP contribution in [0.25, 0.3) is 0 Å². The summed E-state index contributed by atoms with van der Waals surface area (Å²) in [6.07, 6.45) is 1.80. The summed E-state index contributed by atoms with van der Waals surface area (Å²) in [5, 5.41) is 11.3. The van der Waals surface area contributed by atoms with Crippen molar-refractivity contribution in [3.05, 3.63) is 76.0 Å². The molecular formula is C23H25Cl2N5O2S. The highest BCUT2D eigenvalue weighted by atomic mass is 35.5. The highest BCUT2D eigenvalue weighted by molar-refractivity contribution is 7.99. The number of H-pyrrole nitrogens is 1. The first-order valence-electron chi connectivity index (χ1n) is 10.3. The molecule has 1 heterocycles. The van der Waals surface area contributed by atoms with Crippen molar-refractivity contribution in [2.24, 2.45) is 0 Å². The van der Waals surface area contributed by atoms with Crippen molar-refractivity contribution in [3.63, 3.8) is 0 Å². The normalized spacial score (nSPS) is 13.7. The summed E-state index contributed by atoms with van der Waals surface area (Å²) in [6.45, 7) is 3.63. The van der Waals surface area contributed by atoms with Gasteiger partial charge in [0.25, 0.3) is 0 Å². The number of likely N-dealkylation sites (N-methyl/N-ethyl adjacent to an activating group) is 1. The number of benzene rings is 2. The second kappa shape index (κ2) is 11.0. The average Bonchev–Trinajstić information content (AvgIpc) is 3.34. The van der Waals surface area contributed by atoms with E-state index < -0.39 is 11.6 Å². The molecule has 1 aromatic heterocycles. The van der Waals surface area contributed by atoms with Crippen molar-refractivity contribution in [2.75, 3.05) is 12.8 Å². The largest absolute Gasteiger partial charge is 0.343 e. The number of carbonyl (C=O) groups is 2. The summed E-state index contributed by atoms with van der Waals surface area (Å²) in [7, 11) is 1.64. The number of thioether (sulfide) groups is 1. The lowest BCUT2D eigenvalue weighted by Gasteiger charge is -2.38. The fraction of sp³-hybridized carbons (Fsp3) is 0.304. The van der Waals surface area contributed by atoms with Gasteiger partial charge in [-0.2, -0.15) is 5.10 Å². The van der Waals surface area contributed by atoms with Gasteiger partial charge in [0.15, 0.2) is 5.16 Å². The molecule has 0 fully saturated rings. The number of rotatable bonds is 9. The van der Waals surface area contributed by atoms with E-state index in [2.05, 4.69) is 20.5 Å². The van der Waals surface area contributed by atoms with Gasteiger partial charge in [0.1, 0.15) is 11.9 Å². The third-order valence-corrected chi connectivity index (χ3v) is 7.17. The number of hydrogen-bond acceptors (Lipinski definition) is 5. The number of aromatic amines is 1. The summed E-state index contributed by atoms with van der Waals surface area (Å²) in [5.41, 5.74) is 0.502. The van der Waals surface area contributed by atoms with Gasteiger partial charge in [0.2, 0.25) is 11.8 Å². The SMILES string of the molecule is CCC(C)(C(=O)NC(c1ccc(Cl)cc1)c1ccccc1Cl)N(C)C(=O)CSc1ncn[nH]1. The predicted molar refractivity (Wildman–Crippen MR) is 131 cm³/mol. The van der Waals surface area contributed by atoms with Crippen LogP contribution in [0.4, 0.5) is 0 Å². The topological polar surface area (TPSA) is 91.0 Å². The van der Waals surface area contributed by atoms with Crippen LogP contribution in [0, 0.1) is 0 Å². The number of amides is 2. The molecule has 0 aliphatic rings. The maximum absolute atomic E-state index is 13.6. The Morgan fingerprint density at radius 1 is 1.18 bits per heavy atom. The average molecular weight is 506 g/mol. The van der Waals surface area contributed by atoms with Crippen LogP contribution < -0.4 is 5.32 Å². The summed E-state index contributed by atoms with van der Waals surface area (Å²) in [6, 6.07) is 14.1. The van der Waals surface area contributed by atoms with Crippen LogP contribution in [0.3, 0.4) is 0 Å². The number of halogens is 2. The highest BCUT2D eigenvalue weighted by Gasteiger charge is 2.39. The van der Waals surface area contributed by atoms with E-state index in [0.29, 0.717) is 21.6 Å². The van der Waals surface area contributed by atoms with Gasteiger partial charge in [-0.05, 0) is 42.7 Å². The molecule has 0 aliphatic heterocycles. The molecule has 0 saturated heterocycles. The Morgan fingerprint density at radius 2 is 1.88 bits per heavy atom. The van der Waals surface area contributed by atoms with Crippen molar-refractivity contribution < 1.29 is 9.59 Å². The predicted octanol–water partition coefficient (Wildman–Crippen LogP) is 4.74. The van der Waals surface area contributed by atoms with Gasteiger partial charge < -0.3 is 10.2 Å². The molecule has 0 bridgehead atoms. The molecule has 174 valence electrons. The van der Waals surface area contributed by atoms with Crippen LogP contribution in [-0.2, 0) is 9.59 Å². The van der Waals surface area contributed by atoms with E-state index in [1.165, 1.54) is 23.0 Å². The summed E-state index contributed by atoms with van der Waals surface area (Å²) < 4.78 is 0. The van der Waals surface area contributed by atoms with Gasteiger partial charge in [0.05, 0.1) is 11.8 Å². The molecule has 0 saturated carbocycles. The lowest BCUT2D eigenvalue weighted by atomic mass is 9.92. The Bertz CT molecular complexity index is 1090. The fourth-order valence-electron chi connectivity index (χ4n) is 3.31. The first-order chi connectivity index (χ1) is 15.8. The van der Waals surface area contributed by atoms with Crippen molar-refractivity contribution in [2.45, 2.75) is 37.0 Å². The van der Waals surface area contributed by atoms with Crippen molar-refractivity contribution in [1.82, 2.24) is 25.4 Å². The van der Waals surface area contributed by atoms with E-state index in [0.717, 1.165) is 11.1 Å². The zero-order chi connectivity index (χ0) is 24.0. The van der Waals surface area contributed by atoms with Gasteiger partial charge in [-0.15, -0.1) is 0 Å². The monoisotopic (exact) mass is 505 g/mol. The quantitative estimate of drug-likeness (QED) is 0.410. The third kappa shape index (κ3) is 5.88. The zero-order valence-corrected chi connectivity index (χ0v) is 20.8. The lowest BCUT2D eigenvalue weighted by Crippen LogP contribution is -2.58. The molecule has 10 heteroatoms. The smallest absolute Gasteiger partial charge is 0.246 e. The summed E-state index contributed by atoms with van der Waals surface area (Å²) in [4.78, 5) is 32.0. The maximum atomic E-state index is 13.6. The molecule has 0 radical (unpaired) electrons. The van der Waals surface area contributed by atoms with Crippen molar-refractivity contribution >= 4 is 46.8 Å². The molecule has 2 N–H and O–H groups in total. The van der Waals surface area contributed by atoms with Crippen LogP contribution in [0.15, 0.2) is 60.0 Å². The number of aromatic nitrogens is 3. The number of carbonyl (C=O) groups excluding carboxylic acids is 2. The van der Waals surface area contributed by atoms with Crippen molar-refractivity contribution in [1.29, 1.82) is 0 Å². The van der Waals surface area contributed by atoms with Gasteiger partial charge in [-0.25, -0.2) is 4.98 Å². The van der Waals surface area contributed by atoms with Crippen LogP contribution >= 0.6 is 35.0 Å². The molecule has 7 nitrogen and oxygen atoms in total. The van der Waals surface area contributed by atoms with E-state index in [4.69, 9.17) is 23.2 Å². The summed E-state index contributed by atoms with van der Waals surface area (Å²) in [5.74, 6) is -0.360. The van der Waals surface area contributed by atoms with Crippen LogP contribution in [-0.4, -0.2) is 50.2 Å². The molecule has 0 spiro atoms. The molecule has 33 heavy (non-hydrogen) atoms. The first-order valence-corrected chi connectivity index (χ1v) is 12.1. The van der Waals surface area contributed by atoms with Gasteiger partial charge >= 0.3 is 0 Å². The fourth-order valence-corrected chi connectivity index (χ4v) is 4.37. The summed E-state index contributed by atoms with van der Waals surface area (Å²) >= 11 is 13.8. The van der Waals surface area contributed by atoms with E-state index in [-0.39, 0.29) is 17.6 Å². The van der Waals surface area contributed by atoms with E-state index in [9.17, 15) is 9.59 Å². The van der Waals surface area contributed by atoms with E-state index in [1.807, 2.05) is 37.3 Å². The van der Waals surface area contributed by atoms with Gasteiger partial charge in [-0.1, -0.05) is 72.2 Å². The third-order valence-electron chi connectivity index (χ3n) is 5.71. The van der Waals surface area contributed by atoms with Crippen molar-refractivity contribution in [3.8, 4) is 0 Å². The second-order valence-corrected chi connectivity index (χ2v) is 9.45. The Hall–Kier alpha value is -2.55. The number of hydrogen-bond donors (Lipinski definition) is 2. The van der Waals surface area contributed by atoms with Crippen LogP contribution in [0.1, 0.15) is 37.4 Å². The Balaban J connectivity index is 1.84. The minimum Gasteiger partial charge on any atom is -0.343 e. The molecule has 2 aromatic carbocycles. The Morgan fingerprint density at radius 3 is 2.48 bits per heavy atom. The minimum absolute atomic E-state index is 0.125. The van der Waals surface area contributed by atoms with E-state index >= 15 is 0 Å². The molecule has 2 atom stereocenters. The zero-order valence-electron chi connectivity index (χ0n) is 18.5. The van der Waals surface area contributed by atoms with Gasteiger partial charge in [-0.3, -0.25) is 14.7 Å². The first kappa shape index (κ1) is 25.1. The standard InChI is InChI=1S/C23H25Cl2N5O2S/c1-4-23(2,30(3)19(31)13-33-22-26-14-27-29-22)21(32)28-20(15-9-11-16(24)12-10-15)17-7-5-6-8-18(17)25/h5-12,14,20H,4,13H2,1-3H3,(H,28,32)(H,26,27,29). The molecule has 3 aromatic rings. The molecule has 0 aliphatic carbocycles. The van der Waals surface area contributed by atoms with Gasteiger partial charge in [0, 0.05) is 17.1 Å². The molecule has 2 amide bonds. The lowest BCUT2D eigenvalue weighted by molar-refractivity contribution is -0.144. The van der Waals surface area contributed by atoms with Crippen LogP contribution in [0.5, 0.6) is 0 Å². The second-order valence-electron chi connectivity index (χ2n) is 7.64. The molecule has 3 rings (SSSR count). The Kier molecular flexibility index (Phi) is 8.40. The minimum atomic E-state index is -1.08. The van der Waals surface area contributed by atoms with E-state index in [1.54, 1.807) is 32.2 Å². The molecular weight excluding hydrogens is 481 g/mol. The number of nitrogens with one attached hydrogen (secondary N) is 2. The van der Waals surface area contributed by atoms with Crippen LogP contribution in [0.2, 0.25) is 10.0 Å². The molecule has 2 unspecified atom stereocenters. The maximum Gasteiger partial charge on any atom is 0.246 e. The highest BCUT2D eigenvalue weighted by Crippen LogP contribution is 2.31.